The molecule has 0 amide bonds. The van der Waals surface area contributed by atoms with Crippen LogP contribution < -0.4 is 44.8 Å². The molecular formula is C11H15N3NaO3+. The van der Waals surface area contributed by atoms with Crippen LogP contribution in [-0.4, -0.2) is 31.5 Å². The second-order valence-electron chi connectivity index (χ2n) is 3.45. The Bertz CT molecular complexity index is 449. The van der Waals surface area contributed by atoms with Crippen molar-refractivity contribution in [3.05, 3.63) is 23.8 Å². The Labute approximate surface area is 128 Å². The van der Waals surface area contributed by atoms with E-state index >= 15 is 0 Å². The molecule has 1 rings (SSSR count). The van der Waals surface area contributed by atoms with Gasteiger partial charge >= 0.3 is 29.6 Å². The fourth-order valence-corrected chi connectivity index (χ4v) is 1.33. The van der Waals surface area contributed by atoms with Crippen LogP contribution in [0.3, 0.4) is 0 Å². The molecule has 1 N–H and O–H groups in total. The number of carboxylic acids is 1. The average Bonchev–Trinajstić information content (AvgIpc) is 2.28. The van der Waals surface area contributed by atoms with Gasteiger partial charge in [0, 0.05) is 0 Å². The van der Waals surface area contributed by atoms with Crippen LogP contribution in [0.1, 0.15) is 5.56 Å². The zero-order chi connectivity index (χ0) is 12.8. The van der Waals surface area contributed by atoms with Gasteiger partial charge in [0.05, 0.1) is 14.2 Å². The van der Waals surface area contributed by atoms with Crippen molar-refractivity contribution in [3.63, 3.8) is 0 Å². The number of nitrogens with one attached hydrogen (secondary N) is 1. The topological polar surface area (TPSA) is 76.8 Å². The van der Waals surface area contributed by atoms with Crippen LogP contribution in [0.2, 0.25) is 0 Å². The molecule has 6 nitrogen and oxygen atoms in total. The molecular weight excluding hydrogens is 245 g/mol. The molecule has 0 aliphatic carbocycles. The van der Waals surface area contributed by atoms with E-state index in [9.17, 15) is 9.90 Å². The van der Waals surface area contributed by atoms with Gasteiger partial charge in [-0.3, -0.25) is 0 Å². The first-order chi connectivity index (χ1) is 8.06. The van der Waals surface area contributed by atoms with E-state index in [1.807, 2.05) is 19.1 Å². The summed E-state index contributed by atoms with van der Waals surface area (Å²) >= 11 is 0. The normalized spacial score (nSPS) is 10.5. The van der Waals surface area contributed by atoms with E-state index in [-0.39, 0.29) is 36.1 Å². The van der Waals surface area contributed by atoms with E-state index < -0.39 is 5.97 Å². The Morgan fingerprint density at radius 3 is 2.72 bits per heavy atom. The molecule has 18 heavy (non-hydrogen) atoms. The molecule has 0 bridgehead atoms. The third-order valence-corrected chi connectivity index (χ3v) is 2.12. The number of carboxylic acid groups (broad SMARTS) is 1. The SMILES string of the molecule is CN=[N+](CC(=O)[O-])Nc1cc(C)ccc1OC.[Na+]. The number of carbonyl (C=O) groups excluding carboxylic acids is 1. The quantitative estimate of drug-likeness (QED) is 0.268. The van der Waals surface area contributed by atoms with E-state index in [4.69, 9.17) is 4.74 Å². The summed E-state index contributed by atoms with van der Waals surface area (Å²) in [6, 6.07) is 5.53. The number of aryl methyl sites for hydroxylation is 1. The Hall–Kier alpha value is -1.11. The number of azo groups is 1. The van der Waals surface area contributed by atoms with Crippen LogP contribution in [0.25, 0.3) is 0 Å². The summed E-state index contributed by atoms with van der Waals surface area (Å²) in [5.41, 5.74) is 4.52. The number of hydrogen-bond acceptors (Lipinski definition) is 4. The smallest absolute Gasteiger partial charge is 0.543 e. The van der Waals surface area contributed by atoms with Gasteiger partial charge in [0.25, 0.3) is 0 Å². The second kappa shape index (κ2) is 8.07. The fourth-order valence-electron chi connectivity index (χ4n) is 1.33. The van der Waals surface area contributed by atoms with Gasteiger partial charge in [-0.05, 0) is 34.5 Å². The average molecular weight is 260 g/mol. The maximum Gasteiger partial charge on any atom is 1.00 e. The number of hydrogen-bond donors (Lipinski definition) is 1. The summed E-state index contributed by atoms with van der Waals surface area (Å²) in [6.45, 7) is 1.59. The molecule has 0 aliphatic rings. The number of aliphatic carboxylic acids is 1. The number of nitrogens with zero attached hydrogens (tertiary/aromatic N) is 2. The van der Waals surface area contributed by atoms with Crippen molar-refractivity contribution in [3.8, 4) is 5.75 Å². The van der Waals surface area contributed by atoms with Gasteiger partial charge in [-0.1, -0.05) is 6.07 Å². The van der Waals surface area contributed by atoms with Crippen LogP contribution in [0.4, 0.5) is 5.69 Å². The molecule has 0 radical (unpaired) electrons. The molecule has 1 aromatic rings. The summed E-state index contributed by atoms with van der Waals surface area (Å²) in [7, 11) is 3.03. The van der Waals surface area contributed by atoms with Gasteiger partial charge in [-0.2, -0.15) is 0 Å². The summed E-state index contributed by atoms with van der Waals surface area (Å²) < 4.78 is 5.16. The minimum atomic E-state index is -1.21. The van der Waals surface area contributed by atoms with Crippen LogP contribution in [0.5, 0.6) is 5.75 Å². The van der Waals surface area contributed by atoms with Crippen molar-refractivity contribution in [2.24, 2.45) is 5.11 Å². The van der Waals surface area contributed by atoms with Crippen LogP contribution in [0.15, 0.2) is 23.3 Å². The minimum Gasteiger partial charge on any atom is -0.543 e. The monoisotopic (exact) mass is 260 g/mol. The van der Waals surface area contributed by atoms with Crippen LogP contribution in [0, 0.1) is 6.92 Å². The first kappa shape index (κ1) is 16.9. The van der Waals surface area contributed by atoms with Crippen molar-refractivity contribution in [1.29, 1.82) is 0 Å². The Kier molecular flexibility index (Phi) is 7.58. The van der Waals surface area contributed by atoms with Crippen molar-refractivity contribution in [1.82, 2.24) is 0 Å². The largest absolute Gasteiger partial charge is 1.00 e. The number of ether oxygens (including phenoxy) is 1. The van der Waals surface area contributed by atoms with Crippen molar-refractivity contribution < 1.29 is 49.0 Å². The fraction of sp³-hybridized carbons (Fsp3) is 0.364. The number of anilines is 1. The number of rotatable bonds is 5. The number of methoxy groups -OCH3 is 1. The molecule has 0 unspecified atom stereocenters. The number of benzene rings is 1. The standard InChI is InChI=1S/C11H15N3O3.Na/c1-8-4-5-10(17-3)9(6-8)13-14(12-2)7-11(15)16;/h4-6H,7H2,1-3H3,(H-,12,13,15,16);/q;+1. The zero-order valence-electron chi connectivity index (χ0n) is 11.1. The van der Waals surface area contributed by atoms with Crippen LogP contribution >= 0.6 is 0 Å². The molecule has 0 spiro atoms. The second-order valence-corrected chi connectivity index (χ2v) is 3.45. The van der Waals surface area contributed by atoms with Gasteiger partial charge in [0.2, 0.25) is 6.54 Å². The van der Waals surface area contributed by atoms with E-state index in [0.29, 0.717) is 11.4 Å². The molecule has 0 saturated carbocycles. The third kappa shape index (κ3) is 5.03. The van der Waals surface area contributed by atoms with Gasteiger partial charge in [-0.15, -0.1) is 5.43 Å². The molecule has 0 heterocycles. The number of carbonyl (C=O) groups is 1. The molecule has 1 aromatic carbocycles. The molecule has 92 valence electrons. The Balaban J connectivity index is 0.00000289. The molecule has 7 heteroatoms. The van der Waals surface area contributed by atoms with Crippen molar-refractivity contribution in [2.45, 2.75) is 6.92 Å². The first-order valence-corrected chi connectivity index (χ1v) is 5.05. The molecule has 0 aromatic heterocycles. The van der Waals surface area contributed by atoms with Crippen molar-refractivity contribution >= 4 is 11.7 Å². The van der Waals surface area contributed by atoms with E-state index in [0.717, 1.165) is 5.56 Å². The molecule has 0 fully saturated rings. The summed E-state index contributed by atoms with van der Waals surface area (Å²) in [4.78, 5) is 11.7. The predicted molar refractivity (Wildman–Crippen MR) is 59.8 cm³/mol. The summed E-state index contributed by atoms with van der Waals surface area (Å²) in [5, 5.41) is 14.3. The van der Waals surface area contributed by atoms with E-state index in [1.54, 1.807) is 13.2 Å². The Morgan fingerprint density at radius 2 is 2.22 bits per heavy atom. The van der Waals surface area contributed by atoms with E-state index in [2.05, 4.69) is 10.5 Å². The maximum absolute atomic E-state index is 10.5. The van der Waals surface area contributed by atoms with Gasteiger partial charge in [0.15, 0.2) is 0 Å². The maximum atomic E-state index is 10.5. The van der Waals surface area contributed by atoms with Crippen LogP contribution in [-0.2, 0) is 4.79 Å². The van der Waals surface area contributed by atoms with Gasteiger partial charge in [-0.25, -0.2) is 0 Å². The predicted octanol–water partition coefficient (Wildman–Crippen LogP) is -2.82. The zero-order valence-corrected chi connectivity index (χ0v) is 13.1. The summed E-state index contributed by atoms with van der Waals surface area (Å²) in [5.74, 6) is -0.600. The van der Waals surface area contributed by atoms with Crippen molar-refractivity contribution in [2.75, 3.05) is 26.1 Å². The first-order valence-electron chi connectivity index (χ1n) is 5.05. The van der Waals surface area contributed by atoms with Gasteiger partial charge in [0.1, 0.15) is 17.4 Å². The molecule has 0 aliphatic heterocycles. The minimum absolute atomic E-state index is 0. The van der Waals surface area contributed by atoms with E-state index in [1.165, 1.54) is 11.9 Å². The molecule has 0 atom stereocenters. The van der Waals surface area contributed by atoms with Gasteiger partial charge < -0.3 is 14.6 Å². The summed E-state index contributed by atoms with van der Waals surface area (Å²) in [6.07, 6.45) is 0. The number of hydrazine groups is 1. The molecule has 0 saturated heterocycles. The Morgan fingerprint density at radius 1 is 1.56 bits per heavy atom. The third-order valence-electron chi connectivity index (χ3n) is 2.12.